The van der Waals surface area contributed by atoms with Gasteiger partial charge in [-0.1, -0.05) is 66.7 Å². The van der Waals surface area contributed by atoms with E-state index < -0.39 is 15.9 Å². The second kappa shape index (κ2) is 8.83. The van der Waals surface area contributed by atoms with Gasteiger partial charge in [0.2, 0.25) is 5.91 Å². The zero-order valence-electron chi connectivity index (χ0n) is 16.8. The molecule has 1 heterocycles. The number of hydrogen-bond acceptors (Lipinski definition) is 5. The van der Waals surface area contributed by atoms with E-state index in [-0.39, 0.29) is 11.3 Å². The molecule has 0 saturated carbocycles. The van der Waals surface area contributed by atoms with Crippen molar-refractivity contribution in [2.45, 2.75) is 18.2 Å². The highest BCUT2D eigenvalue weighted by Crippen LogP contribution is 2.26. The van der Waals surface area contributed by atoms with Crippen LogP contribution in [0.5, 0.6) is 0 Å². The monoisotopic (exact) mass is 448 g/mol. The summed E-state index contributed by atoms with van der Waals surface area (Å²) in [5.41, 5.74) is 4.42. The Labute approximate surface area is 185 Å². The second-order valence-electron chi connectivity index (χ2n) is 7.09. The first-order valence-electron chi connectivity index (χ1n) is 9.63. The van der Waals surface area contributed by atoms with Gasteiger partial charge in [0.25, 0.3) is 10.0 Å². The number of aryl methyl sites for hydroxylation is 1. The number of amides is 1. The molecule has 156 valence electrons. The van der Waals surface area contributed by atoms with Crippen LogP contribution in [-0.2, 0) is 21.2 Å². The predicted octanol–water partition coefficient (Wildman–Crippen LogP) is 4.83. The van der Waals surface area contributed by atoms with Crippen LogP contribution in [0.1, 0.15) is 11.3 Å². The van der Waals surface area contributed by atoms with Gasteiger partial charge in [0, 0.05) is 16.6 Å². The molecular weight excluding hydrogens is 428 g/mol. The van der Waals surface area contributed by atoms with Crippen LogP contribution in [-0.4, -0.2) is 19.3 Å². The summed E-state index contributed by atoms with van der Waals surface area (Å²) >= 11 is 1.44. The average molecular weight is 449 g/mol. The number of carbonyl (C=O) groups excluding carboxylic acids is 1. The molecule has 7 heteroatoms. The maximum Gasteiger partial charge on any atom is 0.264 e. The van der Waals surface area contributed by atoms with Crippen molar-refractivity contribution in [2.75, 3.05) is 0 Å². The van der Waals surface area contributed by atoms with Gasteiger partial charge in [-0.05, 0) is 35.7 Å². The molecule has 0 aliphatic rings. The van der Waals surface area contributed by atoms with Gasteiger partial charge in [-0.15, -0.1) is 11.3 Å². The quantitative estimate of drug-likeness (QED) is 0.458. The van der Waals surface area contributed by atoms with Crippen molar-refractivity contribution < 1.29 is 13.2 Å². The third kappa shape index (κ3) is 5.07. The summed E-state index contributed by atoms with van der Waals surface area (Å²) in [5, 5.41) is 2.64. The van der Waals surface area contributed by atoms with E-state index in [2.05, 4.69) is 9.71 Å². The molecule has 1 amide bonds. The first-order chi connectivity index (χ1) is 14.9. The molecule has 0 radical (unpaired) electrons. The van der Waals surface area contributed by atoms with Crippen molar-refractivity contribution >= 4 is 27.3 Å². The summed E-state index contributed by atoms with van der Waals surface area (Å²) in [7, 11) is -3.98. The molecule has 0 bridgehead atoms. The summed E-state index contributed by atoms with van der Waals surface area (Å²) in [6.07, 6.45) is -0.0281. The lowest BCUT2D eigenvalue weighted by atomic mass is 10.0. The van der Waals surface area contributed by atoms with Crippen molar-refractivity contribution in [1.29, 1.82) is 0 Å². The van der Waals surface area contributed by atoms with Gasteiger partial charge < -0.3 is 0 Å². The lowest BCUT2D eigenvalue weighted by Gasteiger charge is -2.09. The van der Waals surface area contributed by atoms with E-state index >= 15 is 0 Å². The molecule has 0 saturated heterocycles. The smallest absolute Gasteiger partial charge is 0.264 e. The number of sulfonamides is 1. The largest absolute Gasteiger partial charge is 0.274 e. The molecular formula is C24H20N2O3S2. The standard InChI is InChI=1S/C24H20N2O3S2/c1-17-16-30-24(25-17)21-8-5-9-22(15-21)31(28,29)26-23(27)14-18-10-12-20(13-11-18)19-6-3-2-4-7-19/h2-13,15-16H,14H2,1H3,(H,26,27). The predicted molar refractivity (Wildman–Crippen MR) is 123 cm³/mol. The van der Waals surface area contributed by atoms with Crippen molar-refractivity contribution in [2.24, 2.45) is 0 Å². The number of thiazole rings is 1. The number of benzene rings is 3. The topological polar surface area (TPSA) is 76.1 Å². The summed E-state index contributed by atoms with van der Waals surface area (Å²) in [4.78, 5) is 16.8. The molecule has 1 aromatic heterocycles. The fraction of sp³-hybridized carbons (Fsp3) is 0.0833. The van der Waals surface area contributed by atoms with E-state index in [4.69, 9.17) is 0 Å². The molecule has 0 aliphatic carbocycles. The minimum atomic E-state index is -3.98. The van der Waals surface area contributed by atoms with Gasteiger partial charge in [-0.3, -0.25) is 4.79 Å². The van der Waals surface area contributed by atoms with E-state index in [1.807, 2.05) is 66.9 Å². The van der Waals surface area contributed by atoms with Gasteiger partial charge in [0.1, 0.15) is 5.01 Å². The molecule has 0 unspecified atom stereocenters. The van der Waals surface area contributed by atoms with E-state index in [1.54, 1.807) is 12.1 Å². The molecule has 5 nitrogen and oxygen atoms in total. The molecule has 0 spiro atoms. The molecule has 0 atom stereocenters. The number of hydrogen-bond donors (Lipinski definition) is 1. The van der Waals surface area contributed by atoms with Crippen LogP contribution < -0.4 is 4.72 Å². The SMILES string of the molecule is Cc1csc(-c2cccc(S(=O)(=O)NC(=O)Cc3ccc(-c4ccccc4)cc3)c2)n1. The third-order valence-corrected chi connectivity index (χ3v) is 7.06. The first kappa shape index (κ1) is 21.0. The Morgan fingerprint density at radius 3 is 2.26 bits per heavy atom. The van der Waals surface area contributed by atoms with Crippen molar-refractivity contribution in [3.8, 4) is 21.7 Å². The van der Waals surface area contributed by atoms with E-state index in [0.717, 1.165) is 27.4 Å². The summed E-state index contributed by atoms with van der Waals surface area (Å²) in [6.45, 7) is 1.88. The van der Waals surface area contributed by atoms with Crippen molar-refractivity contribution in [1.82, 2.24) is 9.71 Å². The van der Waals surface area contributed by atoms with Crippen LogP contribution in [0.2, 0.25) is 0 Å². The molecule has 4 aromatic rings. The highest BCUT2D eigenvalue weighted by atomic mass is 32.2. The van der Waals surface area contributed by atoms with E-state index in [9.17, 15) is 13.2 Å². The zero-order chi connectivity index (χ0) is 21.8. The van der Waals surface area contributed by atoms with Crippen LogP contribution >= 0.6 is 11.3 Å². The Hall–Kier alpha value is -3.29. The Bertz CT molecular complexity index is 1310. The molecule has 31 heavy (non-hydrogen) atoms. The number of rotatable bonds is 6. The number of aromatic nitrogens is 1. The molecule has 0 aliphatic heterocycles. The van der Waals surface area contributed by atoms with Gasteiger partial charge in [-0.2, -0.15) is 0 Å². The molecule has 0 fully saturated rings. The van der Waals surface area contributed by atoms with Gasteiger partial charge in [0.15, 0.2) is 0 Å². The maximum atomic E-state index is 12.7. The normalized spacial score (nSPS) is 11.3. The molecule has 4 rings (SSSR count). The Balaban J connectivity index is 1.45. The van der Waals surface area contributed by atoms with Crippen LogP contribution in [0.4, 0.5) is 0 Å². The van der Waals surface area contributed by atoms with Crippen LogP contribution in [0.25, 0.3) is 21.7 Å². The summed E-state index contributed by atoms with van der Waals surface area (Å²) in [6, 6.07) is 23.9. The Morgan fingerprint density at radius 1 is 0.903 bits per heavy atom. The highest BCUT2D eigenvalue weighted by molar-refractivity contribution is 7.90. The number of nitrogens with one attached hydrogen (secondary N) is 1. The fourth-order valence-corrected chi connectivity index (χ4v) is 4.98. The summed E-state index contributed by atoms with van der Waals surface area (Å²) < 4.78 is 27.6. The lowest BCUT2D eigenvalue weighted by molar-refractivity contribution is -0.118. The van der Waals surface area contributed by atoms with Crippen LogP contribution in [0.15, 0.2) is 89.1 Å². The van der Waals surface area contributed by atoms with E-state index in [1.165, 1.54) is 23.5 Å². The highest BCUT2D eigenvalue weighted by Gasteiger charge is 2.19. The first-order valence-corrected chi connectivity index (χ1v) is 12.0. The minimum Gasteiger partial charge on any atom is -0.274 e. The second-order valence-corrected chi connectivity index (χ2v) is 9.63. The Morgan fingerprint density at radius 2 is 1.58 bits per heavy atom. The maximum absolute atomic E-state index is 12.7. The molecule has 3 aromatic carbocycles. The third-order valence-electron chi connectivity index (χ3n) is 4.68. The zero-order valence-corrected chi connectivity index (χ0v) is 18.4. The number of nitrogens with zero attached hydrogens (tertiary/aromatic N) is 1. The average Bonchev–Trinajstić information content (AvgIpc) is 3.21. The van der Waals surface area contributed by atoms with Gasteiger partial charge >= 0.3 is 0 Å². The van der Waals surface area contributed by atoms with Crippen LogP contribution in [0.3, 0.4) is 0 Å². The number of carbonyl (C=O) groups is 1. The van der Waals surface area contributed by atoms with Gasteiger partial charge in [0.05, 0.1) is 11.3 Å². The lowest BCUT2D eigenvalue weighted by Crippen LogP contribution is -2.31. The minimum absolute atomic E-state index is 0.0281. The van der Waals surface area contributed by atoms with Crippen LogP contribution in [0, 0.1) is 6.92 Å². The molecule has 1 N–H and O–H groups in total. The Kier molecular flexibility index (Phi) is 5.97. The fourth-order valence-electron chi connectivity index (χ4n) is 3.16. The van der Waals surface area contributed by atoms with E-state index in [0.29, 0.717) is 5.56 Å². The summed E-state index contributed by atoms with van der Waals surface area (Å²) in [5.74, 6) is -0.581. The van der Waals surface area contributed by atoms with Crippen molar-refractivity contribution in [3.63, 3.8) is 0 Å². The van der Waals surface area contributed by atoms with Gasteiger partial charge in [-0.25, -0.2) is 18.1 Å². The van der Waals surface area contributed by atoms with Crippen molar-refractivity contribution in [3.05, 3.63) is 95.5 Å².